The summed E-state index contributed by atoms with van der Waals surface area (Å²) in [5.74, 6) is -0.386. The molecule has 0 aromatic heterocycles. The quantitative estimate of drug-likeness (QED) is 0.539. The van der Waals surface area contributed by atoms with Gasteiger partial charge in [-0.3, -0.25) is 9.69 Å². The highest BCUT2D eigenvalue weighted by Gasteiger charge is 2.48. The van der Waals surface area contributed by atoms with Crippen LogP contribution in [0.2, 0.25) is 18.1 Å². The van der Waals surface area contributed by atoms with Gasteiger partial charge in [-0.1, -0.05) is 27.7 Å². The molecule has 0 radical (unpaired) electrons. The molecule has 2 aliphatic heterocycles. The number of sulfonamides is 1. The van der Waals surface area contributed by atoms with Crippen molar-refractivity contribution in [2.45, 2.75) is 58.3 Å². The van der Waals surface area contributed by atoms with Crippen LogP contribution in [0.3, 0.4) is 0 Å². The fraction of sp³-hybridized carbons (Fsp3) is 0.867. The molecule has 2 saturated heterocycles. The Hall–Kier alpha value is -0.933. The maximum Gasteiger partial charge on any atom is 0.286 e. The standard InChI is InChI=1S/C15H29N3O4SSi/c1-7-8-23(20,21)18-13-10-17(11-14(18)19)9-12(13)16-22-24(5,6)15(2,3)4/h13H,7-11H2,1-6H3/b16-12+. The maximum absolute atomic E-state index is 12.5. The van der Waals surface area contributed by atoms with Gasteiger partial charge in [-0.15, -0.1) is 5.16 Å². The molecular formula is C15H29N3O4SSi. The van der Waals surface area contributed by atoms with Gasteiger partial charge in [0.1, 0.15) is 6.04 Å². The number of rotatable bonds is 5. The minimum atomic E-state index is -3.60. The third kappa shape index (κ3) is 3.67. The number of carbonyl (C=O) groups is 1. The minimum absolute atomic E-state index is 0.00875. The van der Waals surface area contributed by atoms with Crippen LogP contribution in [0.15, 0.2) is 5.16 Å². The van der Waals surface area contributed by atoms with Gasteiger partial charge in [-0.25, -0.2) is 12.7 Å². The summed E-state index contributed by atoms with van der Waals surface area (Å²) >= 11 is 0. The van der Waals surface area contributed by atoms with E-state index >= 15 is 0 Å². The lowest BCUT2D eigenvalue weighted by Gasteiger charge is -2.34. The van der Waals surface area contributed by atoms with Crippen LogP contribution in [0.5, 0.6) is 0 Å². The molecule has 0 spiro atoms. The van der Waals surface area contributed by atoms with Crippen LogP contribution in [0.4, 0.5) is 0 Å². The predicted octanol–water partition coefficient (Wildman–Crippen LogP) is 1.63. The van der Waals surface area contributed by atoms with Crippen molar-refractivity contribution in [3.63, 3.8) is 0 Å². The van der Waals surface area contributed by atoms with Gasteiger partial charge >= 0.3 is 0 Å². The van der Waals surface area contributed by atoms with E-state index in [0.29, 0.717) is 25.2 Å². The van der Waals surface area contributed by atoms with Crippen LogP contribution in [-0.2, 0) is 19.3 Å². The normalized spacial score (nSPS) is 27.0. The molecule has 9 heteroatoms. The second kappa shape index (κ2) is 6.42. The van der Waals surface area contributed by atoms with E-state index in [1.165, 1.54) is 0 Å². The monoisotopic (exact) mass is 375 g/mol. The van der Waals surface area contributed by atoms with E-state index in [2.05, 4.69) is 39.0 Å². The smallest absolute Gasteiger partial charge is 0.286 e. The van der Waals surface area contributed by atoms with E-state index in [-0.39, 0.29) is 23.2 Å². The van der Waals surface area contributed by atoms with E-state index in [4.69, 9.17) is 4.53 Å². The molecule has 2 aliphatic rings. The topological polar surface area (TPSA) is 79.3 Å². The molecule has 0 aromatic rings. The van der Waals surface area contributed by atoms with Crippen LogP contribution in [0, 0.1) is 0 Å². The van der Waals surface area contributed by atoms with Gasteiger partial charge in [0.25, 0.3) is 14.2 Å². The second-order valence-electron chi connectivity index (χ2n) is 8.13. The lowest BCUT2D eigenvalue weighted by atomic mass is 10.2. The van der Waals surface area contributed by atoms with Crippen molar-refractivity contribution in [1.29, 1.82) is 0 Å². The number of amides is 1. The number of carbonyl (C=O) groups excluding carboxylic acids is 1. The van der Waals surface area contributed by atoms with Crippen molar-refractivity contribution in [2.75, 3.05) is 25.4 Å². The van der Waals surface area contributed by atoms with Crippen LogP contribution < -0.4 is 0 Å². The molecule has 2 unspecified atom stereocenters. The number of oxime groups is 1. The van der Waals surface area contributed by atoms with Crippen molar-refractivity contribution in [3.8, 4) is 0 Å². The Bertz CT molecular complexity index is 640. The Morgan fingerprint density at radius 2 is 1.92 bits per heavy atom. The lowest BCUT2D eigenvalue weighted by Crippen LogP contribution is -2.55. The number of piperazine rings is 1. The van der Waals surface area contributed by atoms with E-state index in [1.807, 2.05) is 4.90 Å². The SMILES string of the molecule is CCCS(=O)(=O)N1C(=O)CN2C/C(=N\O[Si](C)(C)C(C)(C)C)C1C2. The molecule has 0 N–H and O–H groups in total. The van der Waals surface area contributed by atoms with Crippen molar-refractivity contribution >= 4 is 30.0 Å². The first-order valence-electron chi connectivity index (χ1n) is 8.41. The van der Waals surface area contributed by atoms with Gasteiger partial charge in [0.15, 0.2) is 0 Å². The second-order valence-corrected chi connectivity index (χ2v) is 14.8. The fourth-order valence-corrected chi connectivity index (χ4v) is 4.89. The van der Waals surface area contributed by atoms with Crippen molar-refractivity contribution in [2.24, 2.45) is 5.16 Å². The molecule has 2 bridgehead atoms. The first-order chi connectivity index (χ1) is 10.9. The number of hydrogen-bond acceptors (Lipinski definition) is 6. The third-order valence-electron chi connectivity index (χ3n) is 5.05. The van der Waals surface area contributed by atoms with Crippen LogP contribution in [-0.4, -0.2) is 69.0 Å². The zero-order chi connectivity index (χ0) is 18.3. The summed E-state index contributed by atoms with van der Waals surface area (Å²) in [7, 11) is -5.68. The molecule has 1 amide bonds. The predicted molar refractivity (Wildman–Crippen MR) is 96.9 cm³/mol. The average Bonchev–Trinajstić information content (AvgIpc) is 2.71. The van der Waals surface area contributed by atoms with Crippen LogP contribution in [0.25, 0.3) is 0 Å². The van der Waals surface area contributed by atoms with Gasteiger partial charge in [0.2, 0.25) is 10.0 Å². The van der Waals surface area contributed by atoms with Gasteiger partial charge in [-0.05, 0) is 24.6 Å². The van der Waals surface area contributed by atoms with E-state index in [0.717, 1.165) is 4.31 Å². The largest absolute Gasteiger partial charge is 0.455 e. The van der Waals surface area contributed by atoms with Crippen LogP contribution in [0.1, 0.15) is 34.1 Å². The van der Waals surface area contributed by atoms with Crippen LogP contribution >= 0.6 is 0 Å². The van der Waals surface area contributed by atoms with E-state index < -0.39 is 24.4 Å². The molecule has 0 aliphatic carbocycles. The first-order valence-corrected chi connectivity index (χ1v) is 12.9. The zero-order valence-electron chi connectivity index (χ0n) is 15.5. The maximum atomic E-state index is 12.5. The highest BCUT2D eigenvalue weighted by Crippen LogP contribution is 2.37. The zero-order valence-corrected chi connectivity index (χ0v) is 17.3. The number of hydrogen-bond donors (Lipinski definition) is 0. The van der Waals surface area contributed by atoms with Gasteiger partial charge in [0.05, 0.1) is 18.0 Å². The Labute approximate surface area is 146 Å². The minimum Gasteiger partial charge on any atom is -0.455 e. The molecule has 2 fully saturated rings. The fourth-order valence-electron chi connectivity index (χ4n) is 2.62. The number of nitrogens with zero attached hydrogens (tertiary/aromatic N) is 3. The summed E-state index contributed by atoms with van der Waals surface area (Å²) in [6.45, 7) is 13.5. The highest BCUT2D eigenvalue weighted by atomic mass is 32.2. The van der Waals surface area contributed by atoms with Crippen molar-refractivity contribution in [3.05, 3.63) is 0 Å². The molecule has 0 aromatic carbocycles. The molecule has 24 heavy (non-hydrogen) atoms. The van der Waals surface area contributed by atoms with E-state index in [9.17, 15) is 13.2 Å². The Morgan fingerprint density at radius 1 is 1.29 bits per heavy atom. The van der Waals surface area contributed by atoms with Crippen molar-refractivity contribution in [1.82, 2.24) is 9.21 Å². The van der Waals surface area contributed by atoms with Gasteiger partial charge in [0, 0.05) is 13.1 Å². The third-order valence-corrected chi connectivity index (χ3v) is 11.2. The summed E-state index contributed by atoms with van der Waals surface area (Å²) < 4.78 is 31.9. The Kier molecular flexibility index (Phi) is 5.18. The summed E-state index contributed by atoms with van der Waals surface area (Å²) in [4.78, 5) is 14.2. The van der Waals surface area contributed by atoms with Crippen molar-refractivity contribution < 1.29 is 17.7 Å². The summed E-state index contributed by atoms with van der Waals surface area (Å²) in [6.07, 6.45) is 0.482. The summed E-state index contributed by atoms with van der Waals surface area (Å²) in [5, 5.41) is 4.35. The van der Waals surface area contributed by atoms with Gasteiger partial charge < -0.3 is 4.53 Å². The Balaban J connectivity index is 2.28. The lowest BCUT2D eigenvalue weighted by molar-refractivity contribution is -0.130. The molecule has 2 heterocycles. The highest BCUT2D eigenvalue weighted by molar-refractivity contribution is 7.89. The molecule has 0 saturated carbocycles. The first kappa shape index (κ1) is 19.4. The summed E-state index contributed by atoms with van der Waals surface area (Å²) in [6, 6.07) is -0.521. The molecule has 2 atom stereocenters. The molecule has 7 nitrogen and oxygen atoms in total. The molecule has 2 rings (SSSR count). The Morgan fingerprint density at radius 3 is 2.46 bits per heavy atom. The molecule has 138 valence electrons. The molecular weight excluding hydrogens is 346 g/mol. The number of fused-ring (bicyclic) bond motifs is 2. The average molecular weight is 376 g/mol. The summed E-state index contributed by atoms with van der Waals surface area (Å²) in [5.41, 5.74) is 0.644. The van der Waals surface area contributed by atoms with Gasteiger partial charge in [-0.2, -0.15) is 0 Å². The van der Waals surface area contributed by atoms with E-state index in [1.54, 1.807) is 6.92 Å².